The molecule has 2 unspecified atom stereocenters. The Morgan fingerprint density at radius 2 is 0.534 bits per heavy atom. The summed E-state index contributed by atoms with van der Waals surface area (Å²) in [4.78, 5) is 24.6. The molecule has 0 aliphatic carbocycles. The Morgan fingerprint density at radius 3 is 0.807 bits per heavy atom. The summed E-state index contributed by atoms with van der Waals surface area (Å²) in [6.07, 6.45) is 100. The first-order valence-electron chi connectivity index (χ1n) is 40.6. The van der Waals surface area contributed by atoms with Gasteiger partial charge in [-0.25, -0.2) is 0 Å². The van der Waals surface area contributed by atoms with Crippen LogP contribution >= 0.6 is 0 Å². The highest BCUT2D eigenvalue weighted by Crippen LogP contribution is 2.20. The van der Waals surface area contributed by atoms with Crippen LogP contribution in [0.3, 0.4) is 0 Å². The quantitative estimate of drug-likeness (QED) is 0.0320. The Morgan fingerprint density at radius 1 is 0.307 bits per heavy atom. The van der Waals surface area contributed by atoms with Gasteiger partial charge in [0.25, 0.3) is 0 Å². The molecular formula is C82H159NO5. The number of amides is 1. The van der Waals surface area contributed by atoms with Crippen LogP contribution in [0.2, 0.25) is 0 Å². The molecule has 0 aliphatic rings. The van der Waals surface area contributed by atoms with Gasteiger partial charge in [-0.2, -0.15) is 0 Å². The zero-order valence-corrected chi connectivity index (χ0v) is 60.0. The third kappa shape index (κ3) is 73.4. The van der Waals surface area contributed by atoms with E-state index in [2.05, 4.69) is 31.3 Å². The highest BCUT2D eigenvalue weighted by atomic mass is 16.5. The van der Waals surface area contributed by atoms with Gasteiger partial charge in [0, 0.05) is 12.8 Å². The van der Waals surface area contributed by atoms with Crippen molar-refractivity contribution < 1.29 is 24.5 Å². The third-order valence-electron chi connectivity index (χ3n) is 19.2. The van der Waals surface area contributed by atoms with Gasteiger partial charge in [-0.3, -0.25) is 9.59 Å². The van der Waals surface area contributed by atoms with Crippen molar-refractivity contribution in [3.8, 4) is 0 Å². The van der Waals surface area contributed by atoms with E-state index in [-0.39, 0.29) is 18.5 Å². The molecule has 0 spiro atoms. The SMILES string of the molecule is CCCCCCCCCCCCCCCCCCCC/C=C/C(O)C(CO)NC(=O)CCCCCCCCCCCCCCCCCCC/C=C\CCCCCCCCCCCCCCCCCCCCOC(=O)CCCCCCCCCCCCCC. The van der Waals surface area contributed by atoms with Crippen LogP contribution in [0.25, 0.3) is 0 Å². The molecule has 0 aromatic heterocycles. The molecule has 1 amide bonds. The van der Waals surface area contributed by atoms with E-state index in [0.717, 1.165) is 38.5 Å². The first-order valence-corrected chi connectivity index (χ1v) is 40.6. The van der Waals surface area contributed by atoms with E-state index in [0.29, 0.717) is 19.4 Å². The number of ether oxygens (including phenoxy) is 1. The van der Waals surface area contributed by atoms with Crippen LogP contribution in [-0.2, 0) is 14.3 Å². The number of allylic oxidation sites excluding steroid dienone is 3. The second-order valence-corrected chi connectivity index (χ2v) is 28.1. The van der Waals surface area contributed by atoms with Crippen LogP contribution in [-0.4, -0.2) is 47.4 Å². The lowest BCUT2D eigenvalue weighted by molar-refractivity contribution is -0.143. The van der Waals surface area contributed by atoms with Crippen molar-refractivity contribution in [2.45, 2.75) is 475 Å². The van der Waals surface area contributed by atoms with E-state index in [1.54, 1.807) is 6.08 Å². The van der Waals surface area contributed by atoms with Crippen LogP contribution in [0.4, 0.5) is 0 Å². The maximum atomic E-state index is 12.5. The predicted molar refractivity (Wildman–Crippen MR) is 389 cm³/mol. The summed E-state index contributed by atoms with van der Waals surface area (Å²) in [6.45, 7) is 4.96. The average Bonchev–Trinajstić information content (AvgIpc) is 3.55. The molecule has 88 heavy (non-hydrogen) atoms. The molecule has 6 nitrogen and oxygen atoms in total. The number of nitrogens with one attached hydrogen (secondary N) is 1. The Balaban J connectivity index is 3.34. The summed E-state index contributed by atoms with van der Waals surface area (Å²) >= 11 is 0. The van der Waals surface area contributed by atoms with Gasteiger partial charge in [0.1, 0.15) is 0 Å². The summed E-state index contributed by atoms with van der Waals surface area (Å²) in [5.41, 5.74) is 0. The monoisotopic (exact) mass is 1240 g/mol. The van der Waals surface area contributed by atoms with Gasteiger partial charge in [-0.15, -0.1) is 0 Å². The minimum absolute atomic E-state index is 0.0239. The number of hydrogen-bond acceptors (Lipinski definition) is 5. The van der Waals surface area contributed by atoms with Crippen LogP contribution in [0.1, 0.15) is 463 Å². The number of carbonyl (C=O) groups is 2. The number of esters is 1. The van der Waals surface area contributed by atoms with E-state index in [1.165, 1.54) is 398 Å². The van der Waals surface area contributed by atoms with Crippen LogP contribution in [0.5, 0.6) is 0 Å². The van der Waals surface area contributed by atoms with Gasteiger partial charge >= 0.3 is 5.97 Å². The molecule has 0 saturated carbocycles. The van der Waals surface area contributed by atoms with Gasteiger partial charge in [-0.05, 0) is 57.8 Å². The smallest absolute Gasteiger partial charge is 0.305 e. The van der Waals surface area contributed by atoms with Crippen molar-refractivity contribution >= 4 is 11.9 Å². The lowest BCUT2D eigenvalue weighted by atomic mass is 10.0. The molecular weight excluding hydrogens is 1080 g/mol. The van der Waals surface area contributed by atoms with Crippen LogP contribution in [0.15, 0.2) is 24.3 Å². The van der Waals surface area contributed by atoms with E-state index >= 15 is 0 Å². The van der Waals surface area contributed by atoms with E-state index in [4.69, 9.17) is 4.74 Å². The highest BCUT2D eigenvalue weighted by Gasteiger charge is 2.18. The fourth-order valence-electron chi connectivity index (χ4n) is 13.0. The molecule has 0 rings (SSSR count). The maximum Gasteiger partial charge on any atom is 0.305 e. The van der Waals surface area contributed by atoms with Gasteiger partial charge in [-0.1, -0.05) is 417 Å². The zero-order chi connectivity index (χ0) is 63.5. The average molecular weight is 1240 g/mol. The van der Waals surface area contributed by atoms with Gasteiger partial charge in [0.2, 0.25) is 5.91 Å². The molecule has 0 radical (unpaired) electrons. The molecule has 0 bridgehead atoms. The third-order valence-corrected chi connectivity index (χ3v) is 19.2. The number of aliphatic hydroxyl groups excluding tert-OH is 2. The Kier molecular flexibility index (Phi) is 76.3. The van der Waals surface area contributed by atoms with Crippen molar-refractivity contribution in [2.24, 2.45) is 0 Å². The van der Waals surface area contributed by atoms with Gasteiger partial charge < -0.3 is 20.3 Å². The molecule has 0 heterocycles. The number of unbranched alkanes of at least 4 members (excludes halogenated alkanes) is 64. The molecule has 3 N–H and O–H groups in total. The normalized spacial score (nSPS) is 12.5. The second kappa shape index (κ2) is 77.8. The minimum atomic E-state index is -0.842. The van der Waals surface area contributed by atoms with Crippen molar-refractivity contribution in [3.63, 3.8) is 0 Å². The second-order valence-electron chi connectivity index (χ2n) is 28.1. The van der Waals surface area contributed by atoms with Crippen molar-refractivity contribution in [1.82, 2.24) is 5.32 Å². The Labute approximate surface area is 551 Å². The summed E-state index contributed by atoms with van der Waals surface area (Å²) in [7, 11) is 0. The number of aliphatic hydroxyl groups is 2. The first-order chi connectivity index (χ1) is 43.5. The number of hydrogen-bond donors (Lipinski definition) is 3. The van der Waals surface area contributed by atoms with E-state index in [1.807, 2.05) is 6.08 Å². The predicted octanol–water partition coefficient (Wildman–Crippen LogP) is 26.8. The van der Waals surface area contributed by atoms with Crippen molar-refractivity contribution in [1.29, 1.82) is 0 Å². The summed E-state index contributed by atoms with van der Waals surface area (Å²) in [6, 6.07) is -0.625. The zero-order valence-electron chi connectivity index (χ0n) is 60.0. The fraction of sp³-hybridized carbons (Fsp3) is 0.927. The molecule has 2 atom stereocenters. The maximum absolute atomic E-state index is 12.5. The van der Waals surface area contributed by atoms with Crippen LogP contribution in [0, 0.1) is 0 Å². The summed E-state index contributed by atoms with van der Waals surface area (Å²) in [5.74, 6) is -0.0350. The van der Waals surface area contributed by atoms with Crippen LogP contribution < -0.4 is 5.32 Å². The minimum Gasteiger partial charge on any atom is -0.466 e. The molecule has 0 aromatic rings. The molecule has 0 aromatic carbocycles. The molecule has 0 aliphatic heterocycles. The summed E-state index contributed by atoms with van der Waals surface area (Å²) in [5, 5.41) is 23.3. The number of carbonyl (C=O) groups excluding carboxylic acids is 2. The molecule has 6 heteroatoms. The van der Waals surface area contributed by atoms with Crippen molar-refractivity contribution in [3.05, 3.63) is 24.3 Å². The number of rotatable bonds is 77. The van der Waals surface area contributed by atoms with E-state index in [9.17, 15) is 19.8 Å². The largest absolute Gasteiger partial charge is 0.466 e. The van der Waals surface area contributed by atoms with Crippen molar-refractivity contribution in [2.75, 3.05) is 13.2 Å². The Bertz CT molecular complexity index is 1380. The first kappa shape index (κ1) is 86.3. The topological polar surface area (TPSA) is 95.9 Å². The Hall–Kier alpha value is -1.66. The molecule has 0 saturated heterocycles. The van der Waals surface area contributed by atoms with Gasteiger partial charge in [0.05, 0.1) is 25.4 Å². The fourth-order valence-corrected chi connectivity index (χ4v) is 13.0. The molecule has 0 fully saturated rings. The van der Waals surface area contributed by atoms with E-state index < -0.39 is 12.1 Å². The highest BCUT2D eigenvalue weighted by molar-refractivity contribution is 5.76. The lowest BCUT2D eigenvalue weighted by Crippen LogP contribution is -2.45. The lowest BCUT2D eigenvalue weighted by Gasteiger charge is -2.20. The molecule has 522 valence electrons. The standard InChI is InChI=1S/C82H159NO5/c1-3-5-7-9-11-13-15-17-18-19-20-42-45-48-51-54-58-62-66-70-74-80(85)79(78-84)83-81(86)75-71-67-63-59-55-52-49-46-43-40-38-36-34-32-30-28-26-24-22-21-23-25-27-29-31-33-35-37-39-41-44-47-50-53-57-61-65-69-73-77-88-82(87)76-72-68-64-60-56-16-14-12-10-8-6-4-2/h21-22,70,74,79-80,84-85H,3-20,23-69,71-73,75-78H2,1-2H3,(H,83,86)/b22-21-,74-70+. The van der Waals surface area contributed by atoms with Gasteiger partial charge in [0.15, 0.2) is 0 Å². The summed E-state index contributed by atoms with van der Waals surface area (Å²) < 4.78 is 5.49.